The Hall–Kier alpha value is -2.69. The fourth-order valence-electron chi connectivity index (χ4n) is 3.45. The van der Waals surface area contributed by atoms with Crippen LogP contribution in [0, 0.1) is 6.92 Å². The van der Waals surface area contributed by atoms with E-state index in [-0.39, 0.29) is 11.8 Å². The van der Waals surface area contributed by atoms with Crippen LogP contribution in [0.3, 0.4) is 0 Å². The number of hydrogen-bond donors (Lipinski definition) is 1. The maximum atomic E-state index is 13.2. The molecule has 2 heterocycles. The van der Waals surface area contributed by atoms with Gasteiger partial charge in [-0.15, -0.1) is 0 Å². The average Bonchev–Trinajstić information content (AvgIpc) is 2.62. The summed E-state index contributed by atoms with van der Waals surface area (Å²) in [6.07, 6.45) is 2.90. The topological polar surface area (TPSA) is 62.3 Å². The smallest absolute Gasteiger partial charge is 0.236 e. The van der Waals surface area contributed by atoms with E-state index in [1.165, 1.54) is 0 Å². The SMILES string of the molecule is CC(=O)N1CCC(C(=O)Nc2cc(C)ccn2)(c2ccccc2)CC1. The molecule has 1 aromatic heterocycles. The van der Waals surface area contributed by atoms with Crippen molar-refractivity contribution in [3.05, 3.63) is 59.8 Å². The maximum absolute atomic E-state index is 13.2. The summed E-state index contributed by atoms with van der Waals surface area (Å²) >= 11 is 0. The van der Waals surface area contributed by atoms with Gasteiger partial charge in [0.15, 0.2) is 0 Å². The van der Waals surface area contributed by atoms with Crippen LogP contribution >= 0.6 is 0 Å². The highest BCUT2D eigenvalue weighted by atomic mass is 16.2. The van der Waals surface area contributed by atoms with E-state index in [9.17, 15) is 9.59 Å². The number of nitrogens with one attached hydrogen (secondary N) is 1. The highest BCUT2D eigenvalue weighted by Gasteiger charge is 2.43. The van der Waals surface area contributed by atoms with Gasteiger partial charge in [0.05, 0.1) is 5.41 Å². The van der Waals surface area contributed by atoms with Crippen LogP contribution in [0.15, 0.2) is 48.7 Å². The minimum atomic E-state index is -0.640. The number of pyridine rings is 1. The Morgan fingerprint density at radius 2 is 1.80 bits per heavy atom. The average molecular weight is 337 g/mol. The largest absolute Gasteiger partial charge is 0.343 e. The van der Waals surface area contributed by atoms with Crippen molar-refractivity contribution < 1.29 is 9.59 Å². The number of carbonyl (C=O) groups is 2. The number of hydrogen-bond acceptors (Lipinski definition) is 3. The van der Waals surface area contributed by atoms with Gasteiger partial charge in [0.1, 0.15) is 5.82 Å². The van der Waals surface area contributed by atoms with Crippen molar-refractivity contribution >= 4 is 17.6 Å². The summed E-state index contributed by atoms with van der Waals surface area (Å²) in [4.78, 5) is 30.9. The van der Waals surface area contributed by atoms with Gasteiger partial charge in [-0.25, -0.2) is 4.98 Å². The van der Waals surface area contributed by atoms with E-state index in [2.05, 4.69) is 10.3 Å². The van der Waals surface area contributed by atoms with Crippen molar-refractivity contribution in [1.29, 1.82) is 0 Å². The van der Waals surface area contributed by atoms with E-state index in [1.807, 2.05) is 49.4 Å². The molecule has 0 saturated carbocycles. The zero-order valence-electron chi connectivity index (χ0n) is 14.7. The van der Waals surface area contributed by atoms with Crippen molar-refractivity contribution in [2.75, 3.05) is 18.4 Å². The van der Waals surface area contributed by atoms with Crippen LogP contribution in [0.4, 0.5) is 5.82 Å². The minimum absolute atomic E-state index is 0.0556. The molecule has 0 aliphatic carbocycles. The zero-order valence-corrected chi connectivity index (χ0v) is 14.7. The molecule has 25 heavy (non-hydrogen) atoms. The number of amides is 2. The Morgan fingerprint density at radius 3 is 2.40 bits per heavy atom. The van der Waals surface area contributed by atoms with Gasteiger partial charge in [-0.05, 0) is 43.0 Å². The summed E-state index contributed by atoms with van der Waals surface area (Å²) in [6.45, 7) is 4.71. The highest BCUT2D eigenvalue weighted by Crippen LogP contribution is 2.36. The first-order chi connectivity index (χ1) is 12.0. The van der Waals surface area contributed by atoms with E-state index in [1.54, 1.807) is 18.0 Å². The van der Waals surface area contributed by atoms with Gasteiger partial charge >= 0.3 is 0 Å². The Labute approximate surface area is 148 Å². The molecule has 1 fully saturated rings. The summed E-state index contributed by atoms with van der Waals surface area (Å²) in [6, 6.07) is 13.6. The number of aromatic nitrogens is 1. The molecule has 0 spiro atoms. The molecular weight excluding hydrogens is 314 g/mol. The molecule has 3 rings (SSSR count). The molecule has 1 aromatic carbocycles. The molecule has 0 unspecified atom stereocenters. The standard InChI is InChI=1S/C20H23N3O2/c1-15-8-11-21-18(14-15)22-19(25)20(17-6-4-3-5-7-17)9-12-23(13-10-20)16(2)24/h3-8,11,14H,9-10,12-13H2,1-2H3,(H,21,22,25). The molecule has 2 aromatic rings. The summed E-state index contributed by atoms with van der Waals surface area (Å²) in [5.41, 5.74) is 1.40. The fourth-order valence-corrected chi connectivity index (χ4v) is 3.45. The van der Waals surface area contributed by atoms with Crippen molar-refractivity contribution in [3.63, 3.8) is 0 Å². The quantitative estimate of drug-likeness (QED) is 0.937. The molecule has 0 bridgehead atoms. The van der Waals surface area contributed by atoms with Gasteiger partial charge in [-0.2, -0.15) is 0 Å². The van der Waals surface area contributed by atoms with E-state index in [0.29, 0.717) is 31.7 Å². The Balaban J connectivity index is 1.89. The number of nitrogens with zero attached hydrogens (tertiary/aromatic N) is 2. The number of benzene rings is 1. The second-order valence-corrected chi connectivity index (χ2v) is 6.63. The second-order valence-electron chi connectivity index (χ2n) is 6.63. The van der Waals surface area contributed by atoms with Crippen molar-refractivity contribution in [3.8, 4) is 0 Å². The monoisotopic (exact) mass is 337 g/mol. The predicted molar refractivity (Wildman–Crippen MR) is 97.2 cm³/mol. The summed E-state index contributed by atoms with van der Waals surface area (Å²) < 4.78 is 0. The molecule has 5 nitrogen and oxygen atoms in total. The fraction of sp³-hybridized carbons (Fsp3) is 0.350. The lowest BCUT2D eigenvalue weighted by Gasteiger charge is -2.40. The number of carbonyl (C=O) groups excluding carboxylic acids is 2. The Bertz CT molecular complexity index is 766. The van der Waals surface area contributed by atoms with Gasteiger partial charge in [0.2, 0.25) is 11.8 Å². The lowest BCUT2D eigenvalue weighted by atomic mass is 9.72. The summed E-state index contributed by atoms with van der Waals surface area (Å²) in [7, 11) is 0. The summed E-state index contributed by atoms with van der Waals surface area (Å²) in [5.74, 6) is 0.566. The number of aryl methyl sites for hydroxylation is 1. The molecule has 1 N–H and O–H groups in total. The van der Waals surface area contributed by atoms with Crippen LogP contribution in [0.2, 0.25) is 0 Å². The van der Waals surface area contributed by atoms with Crippen LogP contribution < -0.4 is 5.32 Å². The molecule has 2 amide bonds. The van der Waals surface area contributed by atoms with Crippen LogP contribution in [-0.2, 0) is 15.0 Å². The van der Waals surface area contributed by atoms with Crippen LogP contribution in [0.5, 0.6) is 0 Å². The van der Waals surface area contributed by atoms with E-state index in [0.717, 1.165) is 11.1 Å². The first-order valence-corrected chi connectivity index (χ1v) is 8.56. The number of rotatable bonds is 3. The van der Waals surface area contributed by atoms with Gasteiger partial charge in [0.25, 0.3) is 0 Å². The van der Waals surface area contributed by atoms with Crippen LogP contribution in [-0.4, -0.2) is 34.8 Å². The van der Waals surface area contributed by atoms with Crippen molar-refractivity contribution in [2.24, 2.45) is 0 Å². The first kappa shape index (κ1) is 17.1. The zero-order chi connectivity index (χ0) is 17.9. The molecule has 0 atom stereocenters. The molecule has 0 radical (unpaired) electrons. The molecule has 1 aliphatic rings. The van der Waals surface area contributed by atoms with E-state index in [4.69, 9.17) is 0 Å². The maximum Gasteiger partial charge on any atom is 0.236 e. The third-order valence-electron chi connectivity index (χ3n) is 4.98. The Kier molecular flexibility index (Phi) is 4.83. The van der Waals surface area contributed by atoms with E-state index < -0.39 is 5.41 Å². The number of piperidine rings is 1. The van der Waals surface area contributed by atoms with Crippen molar-refractivity contribution in [2.45, 2.75) is 32.1 Å². The van der Waals surface area contributed by atoms with Gasteiger partial charge < -0.3 is 10.2 Å². The Morgan fingerprint density at radius 1 is 1.12 bits per heavy atom. The number of likely N-dealkylation sites (tertiary alicyclic amines) is 1. The molecule has 1 aliphatic heterocycles. The molecule has 5 heteroatoms. The van der Waals surface area contributed by atoms with Gasteiger partial charge in [0, 0.05) is 26.2 Å². The van der Waals surface area contributed by atoms with E-state index >= 15 is 0 Å². The highest BCUT2D eigenvalue weighted by molar-refractivity contribution is 5.99. The third-order valence-corrected chi connectivity index (χ3v) is 4.98. The lowest BCUT2D eigenvalue weighted by Crippen LogP contribution is -2.50. The predicted octanol–water partition coefficient (Wildman–Crippen LogP) is 2.91. The molecule has 1 saturated heterocycles. The third kappa shape index (κ3) is 3.55. The van der Waals surface area contributed by atoms with Gasteiger partial charge in [-0.3, -0.25) is 9.59 Å². The number of anilines is 1. The second kappa shape index (κ2) is 7.05. The summed E-state index contributed by atoms with van der Waals surface area (Å²) in [5, 5.41) is 2.98. The van der Waals surface area contributed by atoms with Crippen LogP contribution in [0.25, 0.3) is 0 Å². The normalized spacial score (nSPS) is 16.3. The minimum Gasteiger partial charge on any atom is -0.343 e. The van der Waals surface area contributed by atoms with Gasteiger partial charge in [-0.1, -0.05) is 30.3 Å². The lowest BCUT2D eigenvalue weighted by molar-refractivity contribution is -0.133. The first-order valence-electron chi connectivity index (χ1n) is 8.56. The van der Waals surface area contributed by atoms with Crippen molar-refractivity contribution in [1.82, 2.24) is 9.88 Å². The molecular formula is C20H23N3O2. The van der Waals surface area contributed by atoms with Crippen LogP contribution in [0.1, 0.15) is 30.9 Å². The molecule has 130 valence electrons.